The quantitative estimate of drug-likeness (QED) is 0.377. The molecule has 29 heavy (non-hydrogen) atoms. The van der Waals surface area contributed by atoms with E-state index in [1.165, 1.54) is 5.56 Å². The number of carbonyl (C=O) groups is 1. The molecule has 1 atom stereocenters. The zero-order chi connectivity index (χ0) is 21.0. The Balaban J connectivity index is 1.72. The summed E-state index contributed by atoms with van der Waals surface area (Å²) in [7, 11) is 0. The maximum Gasteiger partial charge on any atom is 0.281 e. The predicted molar refractivity (Wildman–Crippen MR) is 123 cm³/mol. The molecular weight excluding hydrogens is 428 g/mol. The SMILES string of the molecule is CC[C@@H](Oc1ccc2ccccc2c1Br)C(=O)N/N=C\c1c(C)cc(C)cc1C. The van der Waals surface area contributed by atoms with Crippen molar-refractivity contribution in [2.24, 2.45) is 5.10 Å². The molecular formula is C24H25BrN2O2. The average molecular weight is 453 g/mol. The summed E-state index contributed by atoms with van der Waals surface area (Å²) in [6.45, 7) is 8.06. The summed E-state index contributed by atoms with van der Waals surface area (Å²) in [5.41, 5.74) is 7.10. The fourth-order valence-electron chi connectivity index (χ4n) is 3.41. The lowest BCUT2D eigenvalue weighted by molar-refractivity contribution is -0.128. The van der Waals surface area contributed by atoms with Crippen LogP contribution in [0, 0.1) is 20.8 Å². The van der Waals surface area contributed by atoms with Crippen LogP contribution in [-0.4, -0.2) is 18.2 Å². The standard InChI is InChI=1S/C24H25BrN2O2/c1-5-21(29-22-11-10-18-8-6-7-9-19(18)23(22)25)24(28)27-26-14-20-16(3)12-15(2)13-17(20)4/h6-14,21H,5H2,1-4H3,(H,27,28)/b26-14-/t21-/m1/s1. The molecule has 0 unspecified atom stereocenters. The van der Waals surface area contributed by atoms with Gasteiger partial charge in [-0.15, -0.1) is 0 Å². The first-order chi connectivity index (χ1) is 13.9. The molecule has 0 aromatic heterocycles. The van der Waals surface area contributed by atoms with Gasteiger partial charge < -0.3 is 4.74 Å². The van der Waals surface area contributed by atoms with Gasteiger partial charge in [0.25, 0.3) is 5.91 Å². The van der Waals surface area contributed by atoms with Crippen LogP contribution in [-0.2, 0) is 4.79 Å². The molecule has 5 heteroatoms. The molecule has 0 saturated carbocycles. The molecule has 3 aromatic carbocycles. The number of fused-ring (bicyclic) bond motifs is 1. The van der Waals surface area contributed by atoms with E-state index in [2.05, 4.69) is 45.5 Å². The second-order valence-corrected chi connectivity index (χ2v) is 7.95. The molecule has 1 amide bonds. The van der Waals surface area contributed by atoms with Crippen molar-refractivity contribution in [3.63, 3.8) is 0 Å². The molecule has 0 fully saturated rings. The molecule has 3 rings (SSSR count). The number of halogens is 1. The number of hydrogen-bond donors (Lipinski definition) is 1. The summed E-state index contributed by atoms with van der Waals surface area (Å²) in [6.07, 6.45) is 1.59. The number of nitrogens with one attached hydrogen (secondary N) is 1. The molecule has 0 radical (unpaired) electrons. The van der Waals surface area contributed by atoms with Crippen molar-refractivity contribution in [3.8, 4) is 5.75 Å². The first-order valence-corrected chi connectivity index (χ1v) is 10.4. The number of ether oxygens (including phenoxy) is 1. The summed E-state index contributed by atoms with van der Waals surface area (Å²) < 4.78 is 6.84. The van der Waals surface area contributed by atoms with Crippen LogP contribution in [0.4, 0.5) is 0 Å². The first kappa shape index (κ1) is 21.1. The van der Waals surface area contributed by atoms with Crippen LogP contribution >= 0.6 is 15.9 Å². The van der Waals surface area contributed by atoms with Crippen LogP contribution in [0.25, 0.3) is 10.8 Å². The maximum absolute atomic E-state index is 12.6. The summed E-state index contributed by atoms with van der Waals surface area (Å²) >= 11 is 3.61. The van der Waals surface area contributed by atoms with Gasteiger partial charge in [-0.2, -0.15) is 5.10 Å². The number of hydrazone groups is 1. The Morgan fingerprint density at radius 1 is 1.14 bits per heavy atom. The third-order valence-electron chi connectivity index (χ3n) is 4.87. The first-order valence-electron chi connectivity index (χ1n) is 9.65. The Morgan fingerprint density at radius 3 is 2.52 bits per heavy atom. The molecule has 0 bridgehead atoms. The lowest BCUT2D eigenvalue weighted by atomic mass is 10.0. The predicted octanol–water partition coefficient (Wildman–Crippen LogP) is 5.84. The van der Waals surface area contributed by atoms with Crippen LogP contribution in [0.1, 0.15) is 35.6 Å². The van der Waals surface area contributed by atoms with Crippen LogP contribution in [0.5, 0.6) is 5.75 Å². The van der Waals surface area contributed by atoms with E-state index in [4.69, 9.17) is 4.74 Å². The third-order valence-corrected chi connectivity index (χ3v) is 5.68. The maximum atomic E-state index is 12.6. The van der Waals surface area contributed by atoms with Gasteiger partial charge in [-0.1, -0.05) is 55.0 Å². The van der Waals surface area contributed by atoms with Gasteiger partial charge in [-0.25, -0.2) is 5.43 Å². The van der Waals surface area contributed by atoms with Crippen molar-refractivity contribution < 1.29 is 9.53 Å². The molecule has 0 saturated heterocycles. The Bertz CT molecular complexity index is 1050. The van der Waals surface area contributed by atoms with Gasteiger partial charge in [0.2, 0.25) is 0 Å². The Kier molecular flexibility index (Phi) is 6.70. The monoisotopic (exact) mass is 452 g/mol. The number of nitrogens with zero attached hydrogens (tertiary/aromatic N) is 1. The van der Waals surface area contributed by atoms with Gasteiger partial charge in [-0.3, -0.25) is 4.79 Å². The van der Waals surface area contributed by atoms with Crippen molar-refractivity contribution in [1.29, 1.82) is 0 Å². The average Bonchev–Trinajstić information content (AvgIpc) is 2.69. The van der Waals surface area contributed by atoms with Gasteiger partial charge in [0.1, 0.15) is 5.75 Å². The van der Waals surface area contributed by atoms with E-state index < -0.39 is 6.10 Å². The smallest absolute Gasteiger partial charge is 0.281 e. The van der Waals surface area contributed by atoms with E-state index in [0.29, 0.717) is 12.2 Å². The van der Waals surface area contributed by atoms with E-state index in [0.717, 1.165) is 31.9 Å². The third kappa shape index (κ3) is 4.85. The molecule has 3 aromatic rings. The number of benzene rings is 3. The topological polar surface area (TPSA) is 50.7 Å². The second kappa shape index (κ2) is 9.23. The highest BCUT2D eigenvalue weighted by Crippen LogP contribution is 2.33. The highest BCUT2D eigenvalue weighted by Gasteiger charge is 2.19. The van der Waals surface area contributed by atoms with Crippen LogP contribution < -0.4 is 10.2 Å². The molecule has 0 aliphatic rings. The fourth-order valence-corrected chi connectivity index (χ4v) is 3.99. The van der Waals surface area contributed by atoms with Crippen molar-refractivity contribution >= 4 is 38.8 Å². The largest absolute Gasteiger partial charge is 0.479 e. The van der Waals surface area contributed by atoms with Gasteiger partial charge in [0.15, 0.2) is 6.10 Å². The summed E-state index contributed by atoms with van der Waals surface area (Å²) in [4.78, 5) is 12.6. The van der Waals surface area contributed by atoms with Crippen LogP contribution in [0.15, 0.2) is 58.1 Å². The van der Waals surface area contributed by atoms with E-state index in [1.54, 1.807) is 6.21 Å². The Labute approximate surface area is 180 Å². The molecule has 0 aliphatic heterocycles. The lowest BCUT2D eigenvalue weighted by Crippen LogP contribution is -2.35. The lowest BCUT2D eigenvalue weighted by Gasteiger charge is -2.17. The highest BCUT2D eigenvalue weighted by molar-refractivity contribution is 9.10. The van der Waals surface area contributed by atoms with Crippen LogP contribution in [0.3, 0.4) is 0 Å². The molecule has 4 nitrogen and oxygen atoms in total. The Hall–Kier alpha value is -2.66. The number of aryl methyl sites for hydroxylation is 3. The van der Waals surface area contributed by atoms with Gasteiger partial charge >= 0.3 is 0 Å². The van der Waals surface area contributed by atoms with Crippen molar-refractivity contribution in [3.05, 3.63) is 75.3 Å². The Morgan fingerprint density at radius 2 is 1.83 bits per heavy atom. The van der Waals surface area contributed by atoms with E-state index in [9.17, 15) is 4.79 Å². The number of hydrogen-bond acceptors (Lipinski definition) is 3. The summed E-state index contributed by atoms with van der Waals surface area (Å²) in [5, 5.41) is 6.31. The second-order valence-electron chi connectivity index (χ2n) is 7.16. The molecule has 0 spiro atoms. The highest BCUT2D eigenvalue weighted by atomic mass is 79.9. The van der Waals surface area contributed by atoms with Crippen molar-refractivity contribution in [2.75, 3.05) is 0 Å². The molecule has 0 heterocycles. The zero-order valence-electron chi connectivity index (χ0n) is 17.1. The van der Waals surface area contributed by atoms with E-state index in [-0.39, 0.29) is 5.91 Å². The molecule has 1 N–H and O–H groups in total. The normalized spacial score (nSPS) is 12.3. The van der Waals surface area contributed by atoms with Crippen molar-refractivity contribution in [1.82, 2.24) is 5.43 Å². The van der Waals surface area contributed by atoms with Gasteiger partial charge in [0, 0.05) is 5.56 Å². The fraction of sp³-hybridized carbons (Fsp3) is 0.250. The van der Waals surface area contributed by atoms with Crippen LogP contribution in [0.2, 0.25) is 0 Å². The summed E-state index contributed by atoms with van der Waals surface area (Å²) in [5.74, 6) is 0.367. The molecule has 150 valence electrons. The van der Waals surface area contributed by atoms with E-state index >= 15 is 0 Å². The minimum absolute atomic E-state index is 0.272. The van der Waals surface area contributed by atoms with Gasteiger partial charge in [0.05, 0.1) is 10.7 Å². The summed E-state index contributed by atoms with van der Waals surface area (Å²) in [6, 6.07) is 16.1. The minimum atomic E-state index is -0.634. The van der Waals surface area contributed by atoms with Gasteiger partial charge in [-0.05, 0) is 71.1 Å². The van der Waals surface area contributed by atoms with Crippen molar-refractivity contribution in [2.45, 2.75) is 40.2 Å². The number of rotatable bonds is 6. The number of amides is 1. The van der Waals surface area contributed by atoms with E-state index in [1.807, 2.05) is 57.2 Å². The minimum Gasteiger partial charge on any atom is -0.479 e. The zero-order valence-corrected chi connectivity index (χ0v) is 18.7. The number of carbonyl (C=O) groups excluding carboxylic acids is 1. The molecule has 0 aliphatic carbocycles.